The molecule has 0 saturated carbocycles. The van der Waals surface area contributed by atoms with Crippen molar-refractivity contribution in [2.75, 3.05) is 57.9 Å². The minimum absolute atomic E-state index is 0. The van der Waals surface area contributed by atoms with Gasteiger partial charge < -0.3 is 19.7 Å². The predicted molar refractivity (Wildman–Crippen MR) is 185 cm³/mol. The summed E-state index contributed by atoms with van der Waals surface area (Å²) in [6, 6.07) is 0.738. The fraction of sp³-hybridized carbons (Fsp3) is 0.556. The standard InChI is InChI=1S/C34H38F7N7O2.C2H6.Ho/c1-6-49-31-23-28(26(36)27(43-31)21-14-22(42-5)25(35)19(4)24(21)34(39,40)41)44-32(45-30(23)47-12-10-46(11-13-47)18(2)3)50-17-33-8-7-9-48(33)16-20(15-33)29(37)38;1-2;/h10,14,18H,6-9,11-13,15-17H2,1-5H3;1-2H3;. The van der Waals surface area contributed by atoms with Gasteiger partial charge in [-0.1, -0.05) is 19.9 Å². The van der Waals surface area contributed by atoms with E-state index in [-0.39, 0.29) is 98.6 Å². The Morgan fingerprint density at radius 2 is 1.79 bits per heavy atom. The molecule has 53 heavy (non-hydrogen) atoms. The average molecular weight is 905 g/mol. The minimum Gasteiger partial charge on any atom is -0.685 e. The number of hydrogen-bond acceptors (Lipinski definition) is 7. The number of alkyl halides is 3. The summed E-state index contributed by atoms with van der Waals surface area (Å²) in [5.74, 6) is -2.46. The van der Waals surface area contributed by atoms with Gasteiger partial charge in [-0.25, -0.2) is 18.3 Å². The summed E-state index contributed by atoms with van der Waals surface area (Å²) in [7, 11) is 1.21. The molecular formula is C36H44F7HoN7O2. The first kappa shape index (κ1) is 42.8. The number of fused-ring (bicyclic) bond motifs is 2. The Hall–Kier alpha value is -2.95. The number of pyridine rings is 1. The van der Waals surface area contributed by atoms with E-state index in [1.165, 1.54) is 7.05 Å². The smallest absolute Gasteiger partial charge is 0.417 e. The van der Waals surface area contributed by atoms with Gasteiger partial charge >= 0.3 is 12.2 Å². The van der Waals surface area contributed by atoms with Crippen LogP contribution in [0.25, 0.3) is 27.5 Å². The van der Waals surface area contributed by atoms with E-state index in [0.29, 0.717) is 32.6 Å². The molecule has 2 aromatic heterocycles. The molecular weight excluding hydrogens is 860 g/mol. The second-order valence-electron chi connectivity index (χ2n) is 13.1. The molecule has 0 aliphatic carbocycles. The zero-order valence-electron chi connectivity index (χ0n) is 30.7. The van der Waals surface area contributed by atoms with Gasteiger partial charge in [-0.05, 0) is 59.1 Å². The minimum atomic E-state index is -5.08. The SMILES string of the molecule is CC.CCOc1nc(-c2cc([N-]C)c(F)c(C)c2C(F)(F)F)c(F)c2nc(OCC34CCCN3CC(=C(F)F)C4)nc(N3CC=[N+](C(C)C)CC3)c12.[Ho]. The van der Waals surface area contributed by atoms with Crippen LogP contribution in [0.15, 0.2) is 17.7 Å². The van der Waals surface area contributed by atoms with E-state index in [4.69, 9.17) is 9.47 Å². The molecule has 1 aromatic carbocycles. The Balaban J connectivity index is 0.00000206. The van der Waals surface area contributed by atoms with Crippen molar-refractivity contribution in [1.29, 1.82) is 0 Å². The Bertz CT molecular complexity index is 1890. The van der Waals surface area contributed by atoms with E-state index in [1.807, 2.05) is 43.7 Å². The van der Waals surface area contributed by atoms with Gasteiger partial charge in [0, 0.05) is 55.4 Å². The van der Waals surface area contributed by atoms with Crippen molar-refractivity contribution in [3.8, 4) is 23.1 Å². The molecule has 5 heterocycles. The third-order valence-corrected chi connectivity index (χ3v) is 9.78. The molecule has 2 saturated heterocycles. The van der Waals surface area contributed by atoms with Crippen molar-refractivity contribution in [2.24, 2.45) is 0 Å². The summed E-state index contributed by atoms with van der Waals surface area (Å²) in [6.07, 6.45) is -3.40. The molecule has 295 valence electrons. The number of aromatic nitrogens is 3. The van der Waals surface area contributed by atoms with Gasteiger partial charge in [0.05, 0.1) is 30.8 Å². The summed E-state index contributed by atoms with van der Waals surface area (Å²) in [6.45, 7) is 12.7. The molecule has 17 heteroatoms. The van der Waals surface area contributed by atoms with Crippen LogP contribution >= 0.6 is 0 Å². The van der Waals surface area contributed by atoms with E-state index in [1.54, 1.807) is 6.92 Å². The summed E-state index contributed by atoms with van der Waals surface area (Å²) in [5.41, 5.74) is -5.22. The number of nitrogens with zero attached hydrogens (tertiary/aromatic N) is 7. The Morgan fingerprint density at radius 1 is 1.08 bits per heavy atom. The zero-order chi connectivity index (χ0) is 38.1. The molecule has 9 nitrogen and oxygen atoms in total. The molecule has 1 radical (unpaired) electrons. The fourth-order valence-electron chi connectivity index (χ4n) is 7.26. The third kappa shape index (κ3) is 8.35. The second-order valence-corrected chi connectivity index (χ2v) is 13.1. The fourth-order valence-corrected chi connectivity index (χ4v) is 7.26. The average Bonchev–Trinajstić information content (AvgIpc) is 3.68. The molecule has 2 fully saturated rings. The van der Waals surface area contributed by atoms with Crippen LogP contribution in [0, 0.1) is 56.3 Å². The second kappa shape index (κ2) is 17.2. The predicted octanol–water partition coefficient (Wildman–Crippen LogP) is 8.44. The molecule has 0 amide bonds. The van der Waals surface area contributed by atoms with Crippen molar-refractivity contribution in [1.82, 2.24) is 19.9 Å². The number of halogens is 7. The van der Waals surface area contributed by atoms with E-state index in [0.717, 1.165) is 19.4 Å². The first-order valence-electron chi connectivity index (χ1n) is 17.5. The molecule has 3 aromatic rings. The zero-order valence-corrected chi connectivity index (χ0v) is 32.6. The van der Waals surface area contributed by atoms with Crippen LogP contribution in [0.1, 0.15) is 65.0 Å². The first-order valence-corrected chi connectivity index (χ1v) is 17.5. The van der Waals surface area contributed by atoms with E-state index < -0.39 is 63.0 Å². The topological polar surface area (TPSA) is 80.7 Å². The number of rotatable bonds is 9. The third-order valence-electron chi connectivity index (χ3n) is 9.78. The quantitative estimate of drug-likeness (QED) is 0.121. The summed E-state index contributed by atoms with van der Waals surface area (Å²) in [5, 5.41) is 3.78. The molecule has 0 spiro atoms. The summed E-state index contributed by atoms with van der Waals surface area (Å²) in [4.78, 5) is 17.1. The van der Waals surface area contributed by atoms with Crippen LogP contribution in [0.2, 0.25) is 0 Å². The molecule has 6 rings (SSSR count). The van der Waals surface area contributed by atoms with Gasteiger partial charge in [0.15, 0.2) is 18.6 Å². The number of hydrogen-bond donors (Lipinski definition) is 0. The van der Waals surface area contributed by atoms with Gasteiger partial charge in [-0.2, -0.15) is 31.9 Å². The molecule has 0 N–H and O–H groups in total. The number of anilines is 1. The Labute approximate surface area is 334 Å². The van der Waals surface area contributed by atoms with Crippen LogP contribution in [0.3, 0.4) is 0 Å². The van der Waals surface area contributed by atoms with Crippen molar-refractivity contribution in [3.63, 3.8) is 0 Å². The Morgan fingerprint density at radius 3 is 2.38 bits per heavy atom. The summed E-state index contributed by atoms with van der Waals surface area (Å²) < 4.78 is 117. The van der Waals surface area contributed by atoms with Crippen LogP contribution in [-0.4, -0.2) is 95.2 Å². The van der Waals surface area contributed by atoms with Gasteiger partial charge in [-0.15, -0.1) is 12.7 Å². The van der Waals surface area contributed by atoms with Crippen molar-refractivity contribution < 1.29 is 82.5 Å². The van der Waals surface area contributed by atoms with E-state index in [9.17, 15) is 26.3 Å². The monoisotopic (exact) mass is 904 g/mol. The molecule has 3 aliphatic heterocycles. The van der Waals surface area contributed by atoms with Gasteiger partial charge in [0.2, 0.25) is 5.88 Å². The van der Waals surface area contributed by atoms with Crippen LogP contribution < -0.4 is 14.4 Å². The Kier molecular flexibility index (Phi) is 13.9. The number of benzene rings is 1. The molecule has 1 unspecified atom stereocenters. The van der Waals surface area contributed by atoms with Crippen LogP contribution in [0.5, 0.6) is 11.9 Å². The van der Waals surface area contributed by atoms with Crippen molar-refractivity contribution in [2.45, 2.75) is 78.6 Å². The van der Waals surface area contributed by atoms with Gasteiger partial charge in [0.25, 0.3) is 6.08 Å². The maximum Gasteiger partial charge on any atom is 0.417 e. The van der Waals surface area contributed by atoms with Crippen molar-refractivity contribution in [3.05, 3.63) is 45.8 Å². The van der Waals surface area contributed by atoms with Gasteiger partial charge in [-0.3, -0.25) is 4.90 Å². The van der Waals surface area contributed by atoms with Gasteiger partial charge in [0.1, 0.15) is 40.9 Å². The van der Waals surface area contributed by atoms with Crippen LogP contribution in [0.4, 0.5) is 42.2 Å². The van der Waals surface area contributed by atoms with E-state index >= 15 is 4.39 Å². The largest absolute Gasteiger partial charge is 0.685 e. The number of ether oxygens (including phenoxy) is 2. The molecule has 3 aliphatic rings. The van der Waals surface area contributed by atoms with Crippen molar-refractivity contribution >= 4 is 28.6 Å². The first-order chi connectivity index (χ1) is 24.7. The van der Waals surface area contributed by atoms with E-state index in [2.05, 4.69) is 24.8 Å². The summed E-state index contributed by atoms with van der Waals surface area (Å²) >= 11 is 0. The normalized spacial score (nSPS) is 18.7. The maximum absolute atomic E-state index is 16.9. The molecule has 1 atom stereocenters. The van der Waals surface area contributed by atoms with Crippen LogP contribution in [-0.2, 0) is 6.18 Å². The maximum atomic E-state index is 16.9. The molecule has 0 bridgehead atoms.